The summed E-state index contributed by atoms with van der Waals surface area (Å²) in [5, 5.41) is 0. The summed E-state index contributed by atoms with van der Waals surface area (Å²) in [6.45, 7) is 6.32. The second-order valence-electron chi connectivity index (χ2n) is 7.96. The van der Waals surface area contributed by atoms with Crippen molar-refractivity contribution in [3.63, 3.8) is 0 Å². The van der Waals surface area contributed by atoms with E-state index in [-0.39, 0.29) is 30.3 Å². The molecule has 0 N–H and O–H groups in total. The lowest BCUT2D eigenvalue weighted by molar-refractivity contribution is -0.0805. The zero-order chi connectivity index (χ0) is 19.2. The van der Waals surface area contributed by atoms with Gasteiger partial charge in [-0.05, 0) is 36.6 Å². The van der Waals surface area contributed by atoms with E-state index in [0.29, 0.717) is 17.5 Å². The van der Waals surface area contributed by atoms with Gasteiger partial charge in [-0.25, -0.2) is 8.78 Å². The SMILES string of the molecule is CC(C)[C@]12C[C@@H](OCc3ccccc3F)[C@](C)(C=C1c1ccccc1F)O2. The number of rotatable bonds is 5. The lowest BCUT2D eigenvalue weighted by Gasteiger charge is -2.34. The van der Waals surface area contributed by atoms with E-state index in [0.717, 1.165) is 5.57 Å². The third kappa shape index (κ3) is 2.91. The van der Waals surface area contributed by atoms with Crippen molar-refractivity contribution in [3.8, 4) is 0 Å². The van der Waals surface area contributed by atoms with E-state index in [9.17, 15) is 8.78 Å². The van der Waals surface area contributed by atoms with Gasteiger partial charge < -0.3 is 9.47 Å². The number of benzene rings is 2. The first kappa shape index (κ1) is 18.3. The number of ether oxygens (including phenoxy) is 2. The molecular formula is C23H24F2O2. The fourth-order valence-electron chi connectivity index (χ4n) is 4.35. The molecule has 2 aliphatic rings. The highest BCUT2D eigenvalue weighted by atomic mass is 19.1. The molecule has 2 nitrogen and oxygen atoms in total. The van der Waals surface area contributed by atoms with Crippen molar-refractivity contribution in [2.75, 3.05) is 0 Å². The lowest BCUT2D eigenvalue weighted by Crippen LogP contribution is -2.37. The van der Waals surface area contributed by atoms with Crippen LogP contribution >= 0.6 is 0 Å². The highest BCUT2D eigenvalue weighted by Gasteiger charge is 2.61. The molecule has 0 aromatic heterocycles. The van der Waals surface area contributed by atoms with E-state index < -0.39 is 11.2 Å². The summed E-state index contributed by atoms with van der Waals surface area (Å²) in [5.74, 6) is -0.368. The van der Waals surface area contributed by atoms with E-state index in [4.69, 9.17) is 9.47 Å². The first-order valence-corrected chi connectivity index (χ1v) is 9.39. The molecule has 2 bridgehead atoms. The van der Waals surface area contributed by atoms with Gasteiger partial charge in [0, 0.05) is 17.5 Å². The van der Waals surface area contributed by atoms with Crippen LogP contribution in [-0.4, -0.2) is 17.3 Å². The maximum atomic E-state index is 14.5. The Morgan fingerprint density at radius 2 is 1.74 bits per heavy atom. The molecule has 0 spiro atoms. The third-order valence-corrected chi connectivity index (χ3v) is 5.91. The summed E-state index contributed by atoms with van der Waals surface area (Å²) in [7, 11) is 0. The minimum absolute atomic E-state index is 0.146. The topological polar surface area (TPSA) is 18.5 Å². The van der Waals surface area contributed by atoms with Crippen LogP contribution in [0.1, 0.15) is 38.3 Å². The number of halogens is 2. The molecule has 2 aromatic carbocycles. The van der Waals surface area contributed by atoms with Crippen molar-refractivity contribution in [2.24, 2.45) is 5.92 Å². The Labute approximate surface area is 158 Å². The maximum absolute atomic E-state index is 14.5. The molecule has 4 heteroatoms. The average molecular weight is 370 g/mol. The van der Waals surface area contributed by atoms with E-state index >= 15 is 0 Å². The van der Waals surface area contributed by atoms with Gasteiger partial charge in [-0.2, -0.15) is 0 Å². The second kappa shape index (κ2) is 6.54. The average Bonchev–Trinajstić information content (AvgIpc) is 3.11. The molecule has 2 aromatic rings. The molecule has 0 saturated carbocycles. The highest BCUT2D eigenvalue weighted by Crippen LogP contribution is 2.57. The molecule has 27 heavy (non-hydrogen) atoms. The zero-order valence-corrected chi connectivity index (χ0v) is 15.8. The van der Waals surface area contributed by atoms with Crippen LogP contribution in [0.15, 0.2) is 54.6 Å². The van der Waals surface area contributed by atoms with Crippen molar-refractivity contribution in [1.29, 1.82) is 0 Å². The Morgan fingerprint density at radius 1 is 1.07 bits per heavy atom. The molecule has 4 rings (SSSR count). The lowest BCUT2D eigenvalue weighted by atomic mass is 9.72. The fraction of sp³-hybridized carbons (Fsp3) is 0.391. The van der Waals surface area contributed by atoms with E-state index in [1.165, 1.54) is 12.1 Å². The Kier molecular flexibility index (Phi) is 4.44. The van der Waals surface area contributed by atoms with Crippen LogP contribution in [0, 0.1) is 17.6 Å². The number of hydrogen-bond donors (Lipinski definition) is 0. The van der Waals surface area contributed by atoms with E-state index in [1.54, 1.807) is 30.3 Å². The summed E-state index contributed by atoms with van der Waals surface area (Å²) in [5.41, 5.74) is 0.747. The zero-order valence-electron chi connectivity index (χ0n) is 15.8. The quantitative estimate of drug-likeness (QED) is 0.690. The molecule has 0 aliphatic carbocycles. The first-order chi connectivity index (χ1) is 12.9. The molecule has 2 heterocycles. The molecule has 0 unspecified atom stereocenters. The minimum Gasteiger partial charge on any atom is -0.370 e. The minimum atomic E-state index is -0.660. The molecule has 3 atom stereocenters. The van der Waals surface area contributed by atoms with Gasteiger partial charge in [0.15, 0.2) is 0 Å². The van der Waals surface area contributed by atoms with Crippen molar-refractivity contribution in [1.82, 2.24) is 0 Å². The molecule has 142 valence electrons. The molecule has 0 radical (unpaired) electrons. The Hall–Kier alpha value is -2.04. The molecule has 1 fully saturated rings. The Morgan fingerprint density at radius 3 is 2.41 bits per heavy atom. The Bertz CT molecular complexity index is 891. The van der Waals surface area contributed by atoms with Crippen LogP contribution in [0.5, 0.6) is 0 Å². The molecule has 1 saturated heterocycles. The standard InChI is InChI=1S/C23H24F2O2/c1-15(2)23-13-21(26-14-16-8-4-6-10-19(16)24)22(3,27-23)12-18(23)17-9-5-7-11-20(17)25/h4-12,15,21H,13-14H2,1-3H3/t21-,22+,23-/m1/s1. The summed E-state index contributed by atoms with van der Waals surface area (Å²) in [6.07, 6.45) is 2.41. The summed E-state index contributed by atoms with van der Waals surface area (Å²) < 4.78 is 41.0. The van der Waals surface area contributed by atoms with Crippen molar-refractivity contribution < 1.29 is 18.3 Å². The number of fused-ring (bicyclic) bond motifs is 2. The second-order valence-corrected chi connectivity index (χ2v) is 7.96. The highest BCUT2D eigenvalue weighted by molar-refractivity contribution is 5.77. The molecular weight excluding hydrogens is 346 g/mol. The largest absolute Gasteiger partial charge is 0.370 e. The van der Waals surface area contributed by atoms with Gasteiger partial charge in [-0.3, -0.25) is 0 Å². The van der Waals surface area contributed by atoms with Crippen LogP contribution in [0.4, 0.5) is 8.78 Å². The van der Waals surface area contributed by atoms with Gasteiger partial charge in [0.25, 0.3) is 0 Å². The van der Waals surface area contributed by atoms with Gasteiger partial charge in [0.1, 0.15) is 17.2 Å². The normalized spacial score (nSPS) is 29.4. The van der Waals surface area contributed by atoms with Crippen LogP contribution in [0.3, 0.4) is 0 Å². The number of hydrogen-bond acceptors (Lipinski definition) is 2. The van der Waals surface area contributed by atoms with Crippen molar-refractivity contribution in [3.05, 3.63) is 77.4 Å². The van der Waals surface area contributed by atoms with Crippen LogP contribution in [-0.2, 0) is 16.1 Å². The first-order valence-electron chi connectivity index (χ1n) is 9.39. The summed E-state index contributed by atoms with van der Waals surface area (Å²) >= 11 is 0. The predicted octanol–water partition coefficient (Wildman–Crippen LogP) is 5.52. The summed E-state index contributed by atoms with van der Waals surface area (Å²) in [6, 6.07) is 13.4. The summed E-state index contributed by atoms with van der Waals surface area (Å²) in [4.78, 5) is 0. The van der Waals surface area contributed by atoms with E-state index in [1.807, 2.05) is 19.1 Å². The van der Waals surface area contributed by atoms with Crippen molar-refractivity contribution >= 4 is 5.57 Å². The monoisotopic (exact) mass is 370 g/mol. The fourth-order valence-corrected chi connectivity index (χ4v) is 4.35. The van der Waals surface area contributed by atoms with Gasteiger partial charge in [0.05, 0.1) is 18.3 Å². The predicted molar refractivity (Wildman–Crippen MR) is 101 cm³/mol. The van der Waals surface area contributed by atoms with Gasteiger partial charge in [-0.1, -0.05) is 50.2 Å². The van der Waals surface area contributed by atoms with Crippen LogP contribution < -0.4 is 0 Å². The van der Waals surface area contributed by atoms with E-state index in [2.05, 4.69) is 13.8 Å². The van der Waals surface area contributed by atoms with Crippen molar-refractivity contribution in [2.45, 2.75) is 51.1 Å². The smallest absolute Gasteiger partial charge is 0.130 e. The third-order valence-electron chi connectivity index (χ3n) is 5.91. The van der Waals surface area contributed by atoms with Gasteiger partial charge in [0.2, 0.25) is 0 Å². The molecule has 2 aliphatic heterocycles. The van der Waals surface area contributed by atoms with Gasteiger partial charge in [-0.15, -0.1) is 0 Å². The van der Waals surface area contributed by atoms with Crippen LogP contribution in [0.2, 0.25) is 0 Å². The Balaban J connectivity index is 1.64. The maximum Gasteiger partial charge on any atom is 0.130 e. The molecule has 0 amide bonds. The van der Waals surface area contributed by atoms with Crippen LogP contribution in [0.25, 0.3) is 5.57 Å². The van der Waals surface area contributed by atoms with Gasteiger partial charge >= 0.3 is 0 Å².